The molecule has 0 heterocycles. The van der Waals surface area contributed by atoms with Crippen molar-refractivity contribution in [2.75, 3.05) is 106 Å². The Kier molecular flexibility index (Phi) is 61.8. The Morgan fingerprint density at radius 1 is 0.346 bits per heavy atom. The van der Waals surface area contributed by atoms with Crippen LogP contribution in [-0.2, 0) is 37.9 Å². The van der Waals surface area contributed by atoms with Gasteiger partial charge in [-0.3, -0.25) is 0 Å². The Hall–Kier alpha value is -1.54. The van der Waals surface area contributed by atoms with Crippen LogP contribution < -0.4 is 0 Å². The summed E-state index contributed by atoms with van der Waals surface area (Å²) in [5.41, 5.74) is 0. The fourth-order valence-corrected chi connectivity index (χ4v) is 4.66. The van der Waals surface area contributed by atoms with Crippen molar-refractivity contribution in [2.45, 2.75) is 122 Å². The molecule has 0 atom stereocenters. The van der Waals surface area contributed by atoms with Crippen LogP contribution in [0.3, 0.4) is 0 Å². The van der Waals surface area contributed by atoms with Crippen LogP contribution in [0.25, 0.3) is 0 Å². The third kappa shape index (κ3) is 73.8. The molecule has 52 heavy (non-hydrogen) atoms. The molecule has 0 saturated heterocycles. The zero-order valence-corrected chi connectivity index (χ0v) is 36.9. The molecule has 0 aromatic heterocycles. The molecule has 0 bridgehead atoms. The van der Waals surface area contributed by atoms with Crippen molar-refractivity contribution in [2.24, 2.45) is 0 Å². The van der Waals surface area contributed by atoms with E-state index in [1.807, 2.05) is 0 Å². The zero-order valence-electron chi connectivity index (χ0n) is 34.8. The van der Waals surface area contributed by atoms with Gasteiger partial charge in [0.05, 0.1) is 39.6 Å². The molecular formula is C43H80GeO8. The van der Waals surface area contributed by atoms with Gasteiger partial charge in [-0.2, -0.15) is 0 Å². The molecule has 8 nitrogen and oxygen atoms in total. The molecule has 0 N–H and O–H groups in total. The number of terminal acetylenes is 3. The van der Waals surface area contributed by atoms with Gasteiger partial charge in [-0.25, -0.2) is 0 Å². The zero-order chi connectivity index (χ0) is 39.5. The van der Waals surface area contributed by atoms with E-state index in [-0.39, 0.29) is 0 Å². The first kappa shape index (κ1) is 57.2. The summed E-state index contributed by atoms with van der Waals surface area (Å²) in [4.78, 5) is 0. The summed E-state index contributed by atoms with van der Waals surface area (Å²) in [7, 11) is 0. The number of rotatable bonds is 32. The maximum absolute atomic E-state index is 5.43. The molecule has 0 aliphatic heterocycles. The van der Waals surface area contributed by atoms with Gasteiger partial charge in [0.25, 0.3) is 0 Å². The van der Waals surface area contributed by atoms with Crippen LogP contribution in [0, 0.1) is 47.7 Å². The second-order valence-corrected chi connectivity index (χ2v) is 22.4. The summed E-state index contributed by atoms with van der Waals surface area (Å²) in [5.74, 6) is 17.9. The Balaban J connectivity index is -0.000000298. The number of hydrogen-bond donors (Lipinski definition) is 0. The Labute approximate surface area is 325 Å². The maximum atomic E-state index is 5.43. The van der Waals surface area contributed by atoms with E-state index in [9.17, 15) is 0 Å². The van der Waals surface area contributed by atoms with Crippen molar-refractivity contribution in [3.05, 3.63) is 0 Å². The van der Waals surface area contributed by atoms with E-state index in [0.29, 0.717) is 46.2 Å². The van der Waals surface area contributed by atoms with E-state index < -0.39 is 13.3 Å². The molecule has 0 aromatic rings. The normalized spacial score (nSPS) is 10.1. The van der Waals surface area contributed by atoms with E-state index in [0.717, 1.165) is 137 Å². The minimum absolute atomic E-state index is 0.685. The Bertz CT molecular complexity index is 758. The molecule has 0 fully saturated rings. The molecule has 0 amide bonds. The average Bonchev–Trinajstić information content (AvgIpc) is 3.13. The van der Waals surface area contributed by atoms with Crippen molar-refractivity contribution in [3.63, 3.8) is 0 Å². The molecular weight excluding hydrogens is 717 g/mol. The minimum atomic E-state index is -1.62. The standard InChI is InChI=1S/C13H26GeO2.3C10H18O2/c1-5-10-15-12-13-16-11-8-6-7-9-14(2,3)4;3*1-3-5-6-8-12-10-9-11-7-4-2/h5-6,8,10-13H2,1-4H3;3*1H,4-10H2,2H3. The number of ether oxygens (including phenoxy) is 8. The quantitative estimate of drug-likeness (QED) is 0.0381. The molecule has 0 unspecified atom stereocenters. The molecule has 9 heteroatoms. The summed E-state index contributed by atoms with van der Waals surface area (Å²) in [5, 5.41) is 0. The Morgan fingerprint density at radius 3 is 0.788 bits per heavy atom. The molecule has 0 radical (unpaired) electrons. The second-order valence-electron chi connectivity index (χ2n) is 12.5. The van der Waals surface area contributed by atoms with E-state index in [1.54, 1.807) is 0 Å². The van der Waals surface area contributed by atoms with Crippen molar-refractivity contribution in [1.82, 2.24) is 0 Å². The van der Waals surface area contributed by atoms with Gasteiger partial charge in [0.2, 0.25) is 0 Å². The molecule has 304 valence electrons. The van der Waals surface area contributed by atoms with Gasteiger partial charge in [-0.1, -0.05) is 20.8 Å². The molecule has 0 aliphatic carbocycles. The SMILES string of the molecule is C#CCCCOCCOCCC.C#CCCCOCCOCCC.C#CCCCOCCOCCC.CCCOCCOCCCC#[C][Ge]([CH3])([CH3])[CH3]. The average molecular weight is 798 g/mol. The van der Waals surface area contributed by atoms with E-state index >= 15 is 0 Å². The van der Waals surface area contributed by atoms with Gasteiger partial charge in [-0.05, 0) is 38.5 Å². The fourth-order valence-electron chi connectivity index (χ4n) is 3.28. The van der Waals surface area contributed by atoms with Gasteiger partial charge in [-0.15, -0.1) is 37.0 Å². The van der Waals surface area contributed by atoms with Gasteiger partial charge in [0.15, 0.2) is 0 Å². The predicted octanol–water partition coefficient (Wildman–Crippen LogP) is 8.62. The van der Waals surface area contributed by atoms with Crippen LogP contribution in [0.2, 0.25) is 17.3 Å². The molecule has 0 aliphatic rings. The van der Waals surface area contributed by atoms with E-state index in [2.05, 4.69) is 73.4 Å². The van der Waals surface area contributed by atoms with Gasteiger partial charge < -0.3 is 28.4 Å². The van der Waals surface area contributed by atoms with Crippen LogP contribution >= 0.6 is 0 Å². The summed E-state index contributed by atoms with van der Waals surface area (Å²) in [6.07, 6.45) is 26.8. The van der Waals surface area contributed by atoms with Crippen molar-refractivity contribution in [3.8, 4) is 47.7 Å². The van der Waals surface area contributed by atoms with E-state index in [4.69, 9.17) is 57.2 Å². The number of hydrogen-bond acceptors (Lipinski definition) is 8. The third-order valence-electron chi connectivity index (χ3n) is 5.77. The van der Waals surface area contributed by atoms with Crippen molar-refractivity contribution >= 4 is 13.3 Å². The van der Waals surface area contributed by atoms with Crippen molar-refractivity contribution < 1.29 is 37.9 Å². The van der Waals surface area contributed by atoms with Crippen molar-refractivity contribution in [1.29, 1.82) is 0 Å². The number of unbranched alkanes of at least 4 members (excludes halogenated alkanes) is 4. The van der Waals surface area contributed by atoms with Gasteiger partial charge in [0, 0.05) is 58.9 Å². The van der Waals surface area contributed by atoms with Gasteiger partial charge >= 0.3 is 103 Å². The summed E-state index contributed by atoms with van der Waals surface area (Å²) in [6.45, 7) is 20.3. The molecule has 0 saturated carbocycles. The van der Waals surface area contributed by atoms with Crippen LogP contribution in [0.15, 0.2) is 0 Å². The fraction of sp³-hybridized carbons (Fsp3) is 0.814. The van der Waals surface area contributed by atoms with Crippen LogP contribution in [0.1, 0.15) is 105 Å². The molecule has 0 aromatic carbocycles. The second kappa shape index (κ2) is 56.2. The first-order valence-electron chi connectivity index (χ1n) is 19.7. The topological polar surface area (TPSA) is 73.8 Å². The first-order valence-corrected chi connectivity index (χ1v) is 27.1. The van der Waals surface area contributed by atoms with Crippen LogP contribution in [-0.4, -0.2) is 119 Å². The predicted molar refractivity (Wildman–Crippen MR) is 222 cm³/mol. The summed E-state index contributed by atoms with van der Waals surface area (Å²) < 4.78 is 45.6. The first-order chi connectivity index (χ1) is 25.3. The van der Waals surface area contributed by atoms with E-state index in [1.165, 1.54) is 0 Å². The van der Waals surface area contributed by atoms with Crippen LogP contribution in [0.4, 0.5) is 0 Å². The summed E-state index contributed by atoms with van der Waals surface area (Å²) in [6, 6.07) is 0. The van der Waals surface area contributed by atoms with Gasteiger partial charge in [0.1, 0.15) is 0 Å². The molecule has 0 spiro atoms. The third-order valence-corrected chi connectivity index (χ3v) is 7.71. The van der Waals surface area contributed by atoms with Crippen LogP contribution in [0.5, 0.6) is 0 Å². The Morgan fingerprint density at radius 2 is 0.577 bits per heavy atom. The molecule has 0 rings (SSSR count). The summed E-state index contributed by atoms with van der Waals surface area (Å²) >= 11 is -1.62. The monoisotopic (exact) mass is 799 g/mol.